The molecule has 0 saturated carbocycles. The number of aromatic nitrogens is 3. The molecule has 0 bridgehead atoms. The molecule has 23 heavy (non-hydrogen) atoms. The van der Waals surface area contributed by atoms with Gasteiger partial charge in [0.05, 0.1) is 23.6 Å². The number of carbonyl (C=O) groups is 2. The first-order valence-electron chi connectivity index (χ1n) is 6.24. The lowest BCUT2D eigenvalue weighted by Crippen LogP contribution is -2.18. The summed E-state index contributed by atoms with van der Waals surface area (Å²) in [5, 5.41) is 5.99. The van der Waals surface area contributed by atoms with Gasteiger partial charge in [0.25, 0.3) is 0 Å². The summed E-state index contributed by atoms with van der Waals surface area (Å²) in [7, 11) is 0. The van der Waals surface area contributed by atoms with Crippen LogP contribution in [-0.4, -0.2) is 32.3 Å². The summed E-state index contributed by atoms with van der Waals surface area (Å²) in [5.74, 6) is -1.63. The van der Waals surface area contributed by atoms with E-state index in [4.69, 9.17) is 11.6 Å². The molecule has 1 N–H and O–H groups in total. The highest BCUT2D eigenvalue weighted by Crippen LogP contribution is 2.32. The predicted molar refractivity (Wildman–Crippen MR) is 75.3 cm³/mol. The maximum atomic E-state index is 13.0. The molecule has 1 aromatic heterocycles. The van der Waals surface area contributed by atoms with Crippen LogP contribution in [-0.2, 0) is 15.8 Å². The largest absolute Gasteiger partial charge is 0.416 e. The Morgan fingerprint density at radius 1 is 1.26 bits per heavy atom. The topological polar surface area (TPSA) is 76.9 Å². The highest BCUT2D eigenvalue weighted by molar-refractivity contribution is 6.29. The van der Waals surface area contributed by atoms with Gasteiger partial charge in [0.2, 0.25) is 5.91 Å². The highest BCUT2D eigenvalue weighted by Gasteiger charge is 2.31. The van der Waals surface area contributed by atoms with Crippen molar-refractivity contribution in [2.45, 2.75) is 12.6 Å². The number of rotatable bonds is 5. The second-order valence-corrected chi connectivity index (χ2v) is 4.77. The fourth-order valence-electron chi connectivity index (χ4n) is 1.75. The molecule has 10 heteroatoms. The van der Waals surface area contributed by atoms with Gasteiger partial charge in [-0.15, -0.1) is 11.6 Å². The van der Waals surface area contributed by atoms with Gasteiger partial charge in [-0.2, -0.15) is 18.3 Å². The summed E-state index contributed by atoms with van der Waals surface area (Å²) in [5.41, 5.74) is -1.02. The first kappa shape index (κ1) is 16.9. The molecule has 1 aromatic carbocycles. The van der Waals surface area contributed by atoms with E-state index in [1.165, 1.54) is 12.4 Å². The minimum atomic E-state index is -4.61. The molecule has 122 valence electrons. The molecule has 0 saturated heterocycles. The van der Waals surface area contributed by atoms with E-state index in [1.54, 1.807) is 0 Å². The van der Waals surface area contributed by atoms with Crippen molar-refractivity contribution < 1.29 is 22.8 Å². The Morgan fingerprint density at radius 3 is 2.57 bits per heavy atom. The Bertz CT molecular complexity index is 717. The highest BCUT2D eigenvalue weighted by atomic mass is 35.5. The van der Waals surface area contributed by atoms with E-state index in [9.17, 15) is 22.8 Å². The van der Waals surface area contributed by atoms with Gasteiger partial charge < -0.3 is 5.32 Å². The second-order valence-electron chi connectivity index (χ2n) is 4.50. The Kier molecular flexibility index (Phi) is 4.99. The number of nitrogens with zero attached hydrogens (tertiary/aromatic N) is 3. The van der Waals surface area contributed by atoms with Crippen LogP contribution in [0, 0.1) is 0 Å². The van der Waals surface area contributed by atoms with Crippen LogP contribution in [0.2, 0.25) is 0 Å². The number of hydrogen-bond acceptors (Lipinski definition) is 4. The fourth-order valence-corrected chi connectivity index (χ4v) is 1.85. The smallest absolute Gasteiger partial charge is 0.326 e. The van der Waals surface area contributed by atoms with Crippen LogP contribution in [0.5, 0.6) is 0 Å². The standard InChI is InChI=1S/C13H10ClF3N4O2/c14-5-11(22)4-12(23)20-9-1-8(13(15,16)17)2-10(3-9)21-7-18-6-19-21/h1-3,6-7H,4-5H2,(H,20,23). The molecule has 6 nitrogen and oxygen atoms in total. The maximum Gasteiger partial charge on any atom is 0.416 e. The monoisotopic (exact) mass is 346 g/mol. The number of carbonyl (C=O) groups excluding carboxylic acids is 2. The number of alkyl halides is 4. The van der Waals surface area contributed by atoms with Crippen LogP contribution in [0.25, 0.3) is 5.69 Å². The van der Waals surface area contributed by atoms with E-state index in [0.29, 0.717) is 0 Å². The van der Waals surface area contributed by atoms with E-state index < -0.39 is 29.9 Å². The number of anilines is 1. The number of hydrogen-bond donors (Lipinski definition) is 1. The number of nitrogens with one attached hydrogen (secondary N) is 1. The van der Waals surface area contributed by atoms with Crippen LogP contribution in [0.1, 0.15) is 12.0 Å². The molecule has 0 aliphatic carbocycles. The van der Waals surface area contributed by atoms with Crippen molar-refractivity contribution in [2.24, 2.45) is 0 Å². The SMILES string of the molecule is O=C(CCl)CC(=O)Nc1cc(-n2cncn2)cc(C(F)(F)F)c1. The van der Waals surface area contributed by atoms with Crippen LogP contribution in [0.15, 0.2) is 30.9 Å². The van der Waals surface area contributed by atoms with Crippen molar-refractivity contribution in [3.05, 3.63) is 36.4 Å². The zero-order chi connectivity index (χ0) is 17.0. The van der Waals surface area contributed by atoms with E-state index in [0.717, 1.165) is 23.1 Å². The fraction of sp³-hybridized carbons (Fsp3) is 0.231. The number of ketones is 1. The second kappa shape index (κ2) is 6.78. The van der Waals surface area contributed by atoms with E-state index in [2.05, 4.69) is 15.4 Å². The minimum absolute atomic E-state index is 0.0660. The average molecular weight is 347 g/mol. The molecule has 0 aliphatic rings. The third-order valence-corrected chi connectivity index (χ3v) is 3.02. The molecule has 1 amide bonds. The average Bonchev–Trinajstić information content (AvgIpc) is 2.99. The summed E-state index contributed by atoms with van der Waals surface area (Å²) in [4.78, 5) is 26.4. The van der Waals surface area contributed by atoms with Crippen molar-refractivity contribution in [3.63, 3.8) is 0 Å². The summed E-state index contributed by atoms with van der Waals surface area (Å²) in [6, 6.07) is 2.92. The Labute approximate surface area is 133 Å². The quantitative estimate of drug-likeness (QED) is 0.666. The first-order chi connectivity index (χ1) is 10.8. The molecule has 0 atom stereocenters. The Hall–Kier alpha value is -2.42. The van der Waals surface area contributed by atoms with Crippen molar-refractivity contribution in [2.75, 3.05) is 11.2 Å². The molecular weight excluding hydrogens is 337 g/mol. The van der Waals surface area contributed by atoms with Crippen LogP contribution in [0.3, 0.4) is 0 Å². The van der Waals surface area contributed by atoms with E-state index in [-0.39, 0.29) is 17.3 Å². The molecule has 0 aliphatic heterocycles. The van der Waals surface area contributed by atoms with Gasteiger partial charge >= 0.3 is 6.18 Å². The zero-order valence-electron chi connectivity index (χ0n) is 11.5. The molecule has 2 rings (SSSR count). The molecule has 0 radical (unpaired) electrons. The lowest BCUT2D eigenvalue weighted by Gasteiger charge is -2.12. The maximum absolute atomic E-state index is 13.0. The lowest BCUT2D eigenvalue weighted by atomic mass is 10.1. The first-order valence-corrected chi connectivity index (χ1v) is 6.78. The summed E-state index contributed by atoms with van der Waals surface area (Å²) >= 11 is 5.28. The van der Waals surface area contributed by atoms with Crippen LogP contribution in [0.4, 0.5) is 18.9 Å². The van der Waals surface area contributed by atoms with Gasteiger partial charge in [-0.25, -0.2) is 9.67 Å². The Balaban J connectivity index is 2.33. The summed E-state index contributed by atoms with van der Waals surface area (Å²) in [6.07, 6.45) is -2.74. The van der Waals surface area contributed by atoms with E-state index in [1.807, 2.05) is 0 Å². The van der Waals surface area contributed by atoms with Crippen molar-refractivity contribution >= 4 is 29.0 Å². The summed E-state index contributed by atoms with van der Waals surface area (Å²) in [6.45, 7) is 0. The number of halogens is 4. The number of Topliss-reactive ketones (excluding diaryl/α,β-unsaturated/α-hetero) is 1. The number of amides is 1. The summed E-state index contributed by atoms with van der Waals surface area (Å²) < 4.78 is 40.0. The van der Waals surface area contributed by atoms with Gasteiger partial charge in [0, 0.05) is 5.69 Å². The zero-order valence-corrected chi connectivity index (χ0v) is 12.2. The number of benzene rings is 1. The van der Waals surface area contributed by atoms with Crippen molar-refractivity contribution in [1.29, 1.82) is 0 Å². The van der Waals surface area contributed by atoms with Crippen LogP contribution >= 0.6 is 11.6 Å². The van der Waals surface area contributed by atoms with Crippen molar-refractivity contribution in [3.8, 4) is 5.69 Å². The molecule has 0 fully saturated rings. The normalized spacial score (nSPS) is 11.3. The molecule has 1 heterocycles. The Morgan fingerprint density at radius 2 is 2.00 bits per heavy atom. The predicted octanol–water partition coefficient (Wildman–Crippen LogP) is 2.42. The third-order valence-electron chi connectivity index (χ3n) is 2.72. The molecule has 0 spiro atoms. The molecule has 0 unspecified atom stereocenters. The molecular formula is C13H10ClF3N4O2. The van der Waals surface area contributed by atoms with Gasteiger partial charge in [-0.1, -0.05) is 0 Å². The van der Waals surface area contributed by atoms with Crippen LogP contribution < -0.4 is 5.32 Å². The van der Waals surface area contributed by atoms with E-state index >= 15 is 0 Å². The molecule has 2 aromatic rings. The third kappa shape index (κ3) is 4.52. The van der Waals surface area contributed by atoms with Gasteiger partial charge in [0.15, 0.2) is 5.78 Å². The van der Waals surface area contributed by atoms with Gasteiger partial charge in [-0.3, -0.25) is 9.59 Å². The van der Waals surface area contributed by atoms with Gasteiger partial charge in [0.1, 0.15) is 12.7 Å². The van der Waals surface area contributed by atoms with Crippen molar-refractivity contribution in [1.82, 2.24) is 14.8 Å². The lowest BCUT2D eigenvalue weighted by molar-refractivity contribution is -0.137. The van der Waals surface area contributed by atoms with Gasteiger partial charge in [-0.05, 0) is 18.2 Å². The minimum Gasteiger partial charge on any atom is -0.326 e.